The van der Waals surface area contributed by atoms with Crippen molar-refractivity contribution in [1.82, 2.24) is 15.2 Å². The molecule has 0 radical (unpaired) electrons. The van der Waals surface area contributed by atoms with Crippen LogP contribution in [0.4, 0.5) is 0 Å². The summed E-state index contributed by atoms with van der Waals surface area (Å²) in [6, 6.07) is 22.2. The molecule has 2 heterocycles. The number of carbonyl (C=O) groups is 2. The Hall–Kier alpha value is -3.47. The number of aromatic nitrogens is 1. The Morgan fingerprint density at radius 3 is 2.44 bits per heavy atom. The van der Waals surface area contributed by atoms with E-state index in [-0.39, 0.29) is 11.8 Å². The highest BCUT2D eigenvalue weighted by Crippen LogP contribution is 2.35. The predicted molar refractivity (Wildman–Crippen MR) is 126 cm³/mol. The van der Waals surface area contributed by atoms with E-state index >= 15 is 0 Å². The van der Waals surface area contributed by atoms with Crippen LogP contribution in [0.5, 0.6) is 0 Å². The summed E-state index contributed by atoms with van der Waals surface area (Å²) in [6.07, 6.45) is 5.41. The Morgan fingerprint density at radius 1 is 1.00 bits per heavy atom. The molecular weight excluding hydrogens is 398 g/mol. The van der Waals surface area contributed by atoms with Crippen LogP contribution in [0, 0.1) is 5.41 Å². The van der Waals surface area contributed by atoms with Gasteiger partial charge in [-0.25, -0.2) is 0 Å². The number of hydrogen-bond donors (Lipinski definition) is 1. The van der Waals surface area contributed by atoms with Gasteiger partial charge in [0.15, 0.2) is 0 Å². The molecule has 1 saturated heterocycles. The Morgan fingerprint density at radius 2 is 1.75 bits per heavy atom. The molecule has 0 saturated carbocycles. The van der Waals surface area contributed by atoms with Crippen molar-refractivity contribution in [2.45, 2.75) is 26.2 Å². The van der Waals surface area contributed by atoms with Gasteiger partial charge in [-0.2, -0.15) is 0 Å². The topological polar surface area (TPSA) is 62.3 Å². The van der Waals surface area contributed by atoms with E-state index in [0.29, 0.717) is 31.6 Å². The molecule has 32 heavy (non-hydrogen) atoms. The van der Waals surface area contributed by atoms with Crippen molar-refractivity contribution in [1.29, 1.82) is 0 Å². The normalized spacial score (nSPS) is 18.2. The summed E-state index contributed by atoms with van der Waals surface area (Å²) in [4.78, 5) is 32.2. The van der Waals surface area contributed by atoms with Crippen LogP contribution in [-0.2, 0) is 11.2 Å². The van der Waals surface area contributed by atoms with Crippen molar-refractivity contribution >= 4 is 11.8 Å². The van der Waals surface area contributed by atoms with E-state index in [4.69, 9.17) is 0 Å². The standard InChI is InChI=1S/C27H29N3O2/c1-2-29-26(32)27(15-7-17-30(20-27)25(31)24-10-6-16-28-19-24)18-21-11-13-23(14-12-21)22-8-4-3-5-9-22/h3-6,8-14,16,19H,2,7,15,17-18,20H2,1H3,(H,29,32). The fraction of sp³-hybridized carbons (Fsp3) is 0.296. The molecule has 5 nitrogen and oxygen atoms in total. The van der Waals surface area contributed by atoms with Gasteiger partial charge in [0.25, 0.3) is 5.91 Å². The zero-order chi connectivity index (χ0) is 22.4. The van der Waals surface area contributed by atoms with Gasteiger partial charge in [-0.3, -0.25) is 14.6 Å². The summed E-state index contributed by atoms with van der Waals surface area (Å²) >= 11 is 0. The summed E-state index contributed by atoms with van der Waals surface area (Å²) in [5, 5.41) is 3.02. The van der Waals surface area contributed by atoms with Crippen molar-refractivity contribution < 1.29 is 9.59 Å². The molecule has 0 spiro atoms. The molecule has 1 aliphatic heterocycles. The van der Waals surface area contributed by atoms with Crippen molar-refractivity contribution in [2.24, 2.45) is 5.41 Å². The Balaban J connectivity index is 1.57. The van der Waals surface area contributed by atoms with Gasteiger partial charge in [-0.1, -0.05) is 54.6 Å². The number of benzene rings is 2. The van der Waals surface area contributed by atoms with Crippen LogP contribution in [0.3, 0.4) is 0 Å². The largest absolute Gasteiger partial charge is 0.356 e. The molecule has 1 aliphatic rings. The molecule has 1 atom stereocenters. The summed E-state index contributed by atoms with van der Waals surface area (Å²) in [7, 11) is 0. The van der Waals surface area contributed by atoms with Gasteiger partial charge in [0, 0.05) is 32.0 Å². The summed E-state index contributed by atoms with van der Waals surface area (Å²) < 4.78 is 0. The molecule has 5 heteroatoms. The van der Waals surface area contributed by atoms with Gasteiger partial charge in [0.05, 0.1) is 11.0 Å². The number of nitrogens with one attached hydrogen (secondary N) is 1. The molecule has 4 rings (SSSR count). The van der Waals surface area contributed by atoms with E-state index < -0.39 is 5.41 Å². The highest BCUT2D eigenvalue weighted by atomic mass is 16.2. The Bertz CT molecular complexity index is 1050. The summed E-state index contributed by atoms with van der Waals surface area (Å²) in [6.45, 7) is 3.57. The van der Waals surface area contributed by atoms with Crippen molar-refractivity contribution in [3.05, 3.63) is 90.3 Å². The minimum atomic E-state index is -0.638. The quantitative estimate of drug-likeness (QED) is 0.636. The molecule has 2 aromatic carbocycles. The lowest BCUT2D eigenvalue weighted by molar-refractivity contribution is -0.133. The molecule has 0 bridgehead atoms. The molecule has 1 unspecified atom stereocenters. The molecule has 0 aliphatic carbocycles. The SMILES string of the molecule is CCNC(=O)C1(Cc2ccc(-c3ccccc3)cc2)CCCN(C(=O)c2cccnc2)C1. The van der Waals surface area contributed by atoms with Crippen molar-refractivity contribution in [3.8, 4) is 11.1 Å². The second-order valence-corrected chi connectivity index (χ2v) is 8.45. The van der Waals surface area contributed by atoms with Gasteiger partial charge in [-0.15, -0.1) is 0 Å². The zero-order valence-corrected chi connectivity index (χ0v) is 18.5. The average molecular weight is 428 g/mol. The maximum atomic E-state index is 13.3. The second-order valence-electron chi connectivity index (χ2n) is 8.45. The molecule has 1 fully saturated rings. The van der Waals surface area contributed by atoms with Gasteiger partial charge in [0.2, 0.25) is 5.91 Å². The molecule has 2 amide bonds. The lowest BCUT2D eigenvalue weighted by Crippen LogP contribution is -2.54. The van der Waals surface area contributed by atoms with E-state index in [1.54, 1.807) is 24.5 Å². The van der Waals surface area contributed by atoms with Crippen LogP contribution in [0.2, 0.25) is 0 Å². The number of likely N-dealkylation sites (tertiary alicyclic amines) is 1. The van der Waals surface area contributed by atoms with Crippen molar-refractivity contribution in [3.63, 3.8) is 0 Å². The van der Waals surface area contributed by atoms with Gasteiger partial charge in [0.1, 0.15) is 0 Å². The number of piperidine rings is 1. The monoisotopic (exact) mass is 427 g/mol. The first-order chi connectivity index (χ1) is 15.6. The fourth-order valence-corrected chi connectivity index (χ4v) is 4.57. The van der Waals surface area contributed by atoms with E-state index in [2.05, 4.69) is 46.7 Å². The van der Waals surface area contributed by atoms with E-state index in [1.807, 2.05) is 30.0 Å². The summed E-state index contributed by atoms with van der Waals surface area (Å²) in [5.41, 5.74) is 3.35. The number of pyridine rings is 1. The number of rotatable bonds is 6. The lowest BCUT2D eigenvalue weighted by atomic mass is 9.74. The predicted octanol–water partition coefficient (Wildman–Crippen LogP) is 4.35. The van der Waals surface area contributed by atoms with Gasteiger partial charge in [-0.05, 0) is 55.0 Å². The minimum Gasteiger partial charge on any atom is -0.356 e. The molecule has 164 valence electrons. The maximum Gasteiger partial charge on any atom is 0.255 e. The van der Waals surface area contributed by atoms with Crippen LogP contribution >= 0.6 is 0 Å². The van der Waals surface area contributed by atoms with Crippen LogP contribution in [-0.4, -0.2) is 41.3 Å². The van der Waals surface area contributed by atoms with Crippen LogP contribution < -0.4 is 5.32 Å². The first kappa shape index (κ1) is 21.8. The van der Waals surface area contributed by atoms with E-state index in [0.717, 1.165) is 24.0 Å². The fourth-order valence-electron chi connectivity index (χ4n) is 4.57. The molecular formula is C27H29N3O2. The van der Waals surface area contributed by atoms with Crippen molar-refractivity contribution in [2.75, 3.05) is 19.6 Å². The number of amides is 2. The first-order valence-corrected chi connectivity index (χ1v) is 11.2. The highest BCUT2D eigenvalue weighted by Gasteiger charge is 2.43. The van der Waals surface area contributed by atoms with Gasteiger partial charge < -0.3 is 10.2 Å². The zero-order valence-electron chi connectivity index (χ0n) is 18.5. The minimum absolute atomic E-state index is 0.0239. The maximum absolute atomic E-state index is 13.3. The highest BCUT2D eigenvalue weighted by molar-refractivity contribution is 5.94. The average Bonchev–Trinajstić information content (AvgIpc) is 2.85. The van der Waals surface area contributed by atoms with Crippen LogP contribution in [0.1, 0.15) is 35.7 Å². The van der Waals surface area contributed by atoms with E-state index in [1.165, 1.54) is 5.56 Å². The number of nitrogens with zero attached hydrogens (tertiary/aromatic N) is 2. The Kier molecular flexibility index (Phi) is 6.64. The molecule has 3 aromatic rings. The number of hydrogen-bond acceptors (Lipinski definition) is 3. The van der Waals surface area contributed by atoms with Gasteiger partial charge >= 0.3 is 0 Å². The molecule has 1 N–H and O–H groups in total. The second kappa shape index (κ2) is 9.77. The first-order valence-electron chi connectivity index (χ1n) is 11.2. The Labute approximate surface area is 189 Å². The van der Waals surface area contributed by atoms with Crippen LogP contribution in [0.25, 0.3) is 11.1 Å². The third-order valence-electron chi connectivity index (χ3n) is 6.20. The lowest BCUT2D eigenvalue weighted by Gasteiger charge is -2.42. The number of carbonyl (C=O) groups excluding carboxylic acids is 2. The summed E-state index contributed by atoms with van der Waals surface area (Å²) in [5.74, 6) is -0.0401. The van der Waals surface area contributed by atoms with Crippen LogP contribution in [0.15, 0.2) is 79.1 Å². The third kappa shape index (κ3) is 4.72. The van der Waals surface area contributed by atoms with E-state index in [9.17, 15) is 9.59 Å². The smallest absolute Gasteiger partial charge is 0.255 e. The third-order valence-corrected chi connectivity index (χ3v) is 6.20. The molecule has 1 aromatic heterocycles.